The summed E-state index contributed by atoms with van der Waals surface area (Å²) in [5.41, 5.74) is 2.49. The molecule has 1 aliphatic carbocycles. The van der Waals surface area contributed by atoms with E-state index in [-0.39, 0.29) is 0 Å². The molecule has 1 aromatic rings. The predicted molar refractivity (Wildman–Crippen MR) is 51.9 cm³/mol. The average molecular weight is 175 g/mol. The highest BCUT2D eigenvalue weighted by molar-refractivity contribution is 5.59. The molecule has 0 bridgehead atoms. The van der Waals surface area contributed by atoms with Crippen molar-refractivity contribution in [1.29, 1.82) is 0 Å². The predicted octanol–water partition coefficient (Wildman–Crippen LogP) is 2.14. The number of hydrogen-bond acceptors (Lipinski definition) is 2. The van der Waals surface area contributed by atoms with E-state index < -0.39 is 0 Å². The van der Waals surface area contributed by atoms with Crippen LogP contribution in [0.3, 0.4) is 0 Å². The van der Waals surface area contributed by atoms with E-state index in [2.05, 4.69) is 5.32 Å². The maximum Gasteiger partial charge on any atom is 0.116 e. The first-order chi connectivity index (χ1) is 6.33. The maximum atomic E-state index is 9.31. The minimum atomic E-state index is 0.386. The molecule has 2 nitrogen and oxygen atoms in total. The van der Waals surface area contributed by atoms with Gasteiger partial charge in [0.05, 0.1) is 0 Å². The van der Waals surface area contributed by atoms with E-state index in [1.165, 1.54) is 24.1 Å². The van der Waals surface area contributed by atoms with Crippen LogP contribution in [0.5, 0.6) is 5.75 Å². The number of nitrogens with one attached hydrogen (secondary N) is 1. The van der Waals surface area contributed by atoms with E-state index in [4.69, 9.17) is 0 Å². The molecular weight excluding hydrogens is 162 g/mol. The fourth-order valence-corrected chi connectivity index (χ4v) is 2.16. The van der Waals surface area contributed by atoms with Gasteiger partial charge in [-0.2, -0.15) is 0 Å². The van der Waals surface area contributed by atoms with Crippen molar-refractivity contribution in [2.45, 2.75) is 25.3 Å². The molecule has 1 saturated carbocycles. The topological polar surface area (TPSA) is 32.3 Å². The van der Waals surface area contributed by atoms with Crippen molar-refractivity contribution in [1.82, 2.24) is 0 Å². The van der Waals surface area contributed by atoms with Crippen molar-refractivity contribution in [2.75, 3.05) is 5.32 Å². The average Bonchev–Trinajstić information content (AvgIpc) is 2.87. The van der Waals surface area contributed by atoms with Gasteiger partial charge in [-0.05, 0) is 48.9 Å². The smallest absolute Gasteiger partial charge is 0.116 e. The fourth-order valence-electron chi connectivity index (χ4n) is 2.16. The number of hydrogen-bond donors (Lipinski definition) is 2. The molecule has 1 aliphatic heterocycles. The van der Waals surface area contributed by atoms with Crippen LogP contribution in [0.1, 0.15) is 18.4 Å². The van der Waals surface area contributed by atoms with Crippen LogP contribution in [-0.4, -0.2) is 11.1 Å². The Hall–Kier alpha value is -1.18. The zero-order chi connectivity index (χ0) is 8.84. The van der Waals surface area contributed by atoms with E-state index in [9.17, 15) is 5.11 Å². The highest BCUT2D eigenvalue weighted by Crippen LogP contribution is 2.40. The van der Waals surface area contributed by atoms with Gasteiger partial charge in [0.1, 0.15) is 5.75 Å². The Kier molecular flexibility index (Phi) is 1.34. The summed E-state index contributed by atoms with van der Waals surface area (Å²) in [7, 11) is 0. The first-order valence-electron chi connectivity index (χ1n) is 4.91. The van der Waals surface area contributed by atoms with Crippen molar-refractivity contribution in [3.05, 3.63) is 23.8 Å². The highest BCUT2D eigenvalue weighted by atomic mass is 16.3. The zero-order valence-electron chi connectivity index (χ0n) is 7.46. The summed E-state index contributed by atoms with van der Waals surface area (Å²) >= 11 is 0. The highest BCUT2D eigenvalue weighted by Gasteiger charge is 2.34. The van der Waals surface area contributed by atoms with Crippen LogP contribution in [0.15, 0.2) is 18.2 Å². The van der Waals surface area contributed by atoms with Crippen LogP contribution < -0.4 is 5.32 Å². The standard InChI is InChI=1S/C11H13NO/c13-9-3-4-10-8(5-9)6-11(12-10)7-1-2-7/h3-5,7,11-13H,1-2,6H2. The van der Waals surface area contributed by atoms with Crippen molar-refractivity contribution < 1.29 is 5.11 Å². The van der Waals surface area contributed by atoms with E-state index in [0.29, 0.717) is 11.8 Å². The van der Waals surface area contributed by atoms with Gasteiger partial charge in [-0.25, -0.2) is 0 Å². The van der Waals surface area contributed by atoms with Crippen LogP contribution in [0.4, 0.5) is 5.69 Å². The number of phenolic OH excluding ortho intramolecular Hbond substituents is 1. The molecule has 3 rings (SSSR count). The Morgan fingerprint density at radius 3 is 2.92 bits per heavy atom. The summed E-state index contributed by atoms with van der Waals surface area (Å²) in [6.45, 7) is 0. The van der Waals surface area contributed by atoms with Crippen LogP contribution >= 0.6 is 0 Å². The number of anilines is 1. The monoisotopic (exact) mass is 175 g/mol. The maximum absolute atomic E-state index is 9.31. The van der Waals surface area contributed by atoms with Gasteiger partial charge >= 0.3 is 0 Å². The molecular formula is C11H13NO. The Balaban J connectivity index is 1.90. The minimum Gasteiger partial charge on any atom is -0.508 e. The Labute approximate surface area is 77.6 Å². The van der Waals surface area contributed by atoms with Gasteiger partial charge in [-0.3, -0.25) is 0 Å². The minimum absolute atomic E-state index is 0.386. The Morgan fingerprint density at radius 2 is 2.15 bits per heavy atom. The number of benzene rings is 1. The van der Waals surface area contributed by atoms with E-state index >= 15 is 0 Å². The lowest BCUT2D eigenvalue weighted by atomic mass is 10.1. The summed E-state index contributed by atoms with van der Waals surface area (Å²) in [5.74, 6) is 1.27. The van der Waals surface area contributed by atoms with Gasteiger partial charge in [-0.15, -0.1) is 0 Å². The molecule has 2 aliphatic rings. The molecule has 1 aromatic carbocycles. The zero-order valence-corrected chi connectivity index (χ0v) is 7.46. The second-order valence-corrected chi connectivity index (χ2v) is 4.13. The lowest BCUT2D eigenvalue weighted by molar-refractivity contribution is 0.474. The quantitative estimate of drug-likeness (QED) is 0.641. The third-order valence-electron chi connectivity index (χ3n) is 3.06. The third-order valence-corrected chi connectivity index (χ3v) is 3.06. The molecule has 2 heteroatoms. The number of phenols is 1. The van der Waals surface area contributed by atoms with Gasteiger partial charge < -0.3 is 10.4 Å². The van der Waals surface area contributed by atoms with Crippen molar-refractivity contribution in [3.63, 3.8) is 0 Å². The van der Waals surface area contributed by atoms with E-state index in [0.717, 1.165) is 12.3 Å². The Morgan fingerprint density at radius 1 is 1.31 bits per heavy atom. The van der Waals surface area contributed by atoms with E-state index in [1.54, 1.807) is 6.07 Å². The molecule has 68 valence electrons. The summed E-state index contributed by atoms with van der Waals surface area (Å²) in [6, 6.07) is 6.25. The van der Waals surface area contributed by atoms with E-state index in [1.807, 2.05) is 12.1 Å². The molecule has 1 unspecified atom stereocenters. The third kappa shape index (κ3) is 1.17. The lowest BCUT2D eigenvalue weighted by Crippen LogP contribution is -2.17. The summed E-state index contributed by atoms with van der Waals surface area (Å²) in [4.78, 5) is 0. The molecule has 13 heavy (non-hydrogen) atoms. The first kappa shape index (κ1) is 7.25. The first-order valence-corrected chi connectivity index (χ1v) is 4.91. The normalized spacial score (nSPS) is 25.4. The summed E-state index contributed by atoms with van der Waals surface area (Å²) in [6.07, 6.45) is 3.84. The molecule has 2 N–H and O–H groups in total. The lowest BCUT2D eigenvalue weighted by Gasteiger charge is -2.07. The molecule has 0 saturated heterocycles. The second kappa shape index (κ2) is 2.41. The van der Waals surface area contributed by atoms with Crippen molar-refractivity contribution in [3.8, 4) is 5.75 Å². The van der Waals surface area contributed by atoms with Crippen molar-refractivity contribution in [2.24, 2.45) is 5.92 Å². The van der Waals surface area contributed by atoms with Crippen molar-refractivity contribution >= 4 is 5.69 Å². The molecule has 0 aromatic heterocycles. The van der Waals surface area contributed by atoms with Crippen LogP contribution in [-0.2, 0) is 6.42 Å². The molecule has 0 amide bonds. The summed E-state index contributed by atoms with van der Waals surface area (Å²) in [5, 5.41) is 12.8. The van der Waals surface area contributed by atoms with Crippen LogP contribution in [0.2, 0.25) is 0 Å². The van der Waals surface area contributed by atoms with Crippen LogP contribution in [0, 0.1) is 5.92 Å². The van der Waals surface area contributed by atoms with Gasteiger partial charge in [0.2, 0.25) is 0 Å². The SMILES string of the molecule is Oc1ccc2c(c1)CC(C1CC1)N2. The van der Waals surface area contributed by atoms with Crippen LogP contribution in [0.25, 0.3) is 0 Å². The molecule has 1 heterocycles. The second-order valence-electron chi connectivity index (χ2n) is 4.13. The number of rotatable bonds is 1. The summed E-state index contributed by atoms with van der Waals surface area (Å²) < 4.78 is 0. The number of fused-ring (bicyclic) bond motifs is 1. The van der Waals surface area contributed by atoms with Gasteiger partial charge in [-0.1, -0.05) is 0 Å². The molecule has 0 radical (unpaired) electrons. The van der Waals surface area contributed by atoms with Gasteiger partial charge in [0.15, 0.2) is 0 Å². The molecule has 1 fully saturated rings. The van der Waals surface area contributed by atoms with Gasteiger partial charge in [0, 0.05) is 11.7 Å². The van der Waals surface area contributed by atoms with Gasteiger partial charge in [0.25, 0.3) is 0 Å². The fraction of sp³-hybridized carbons (Fsp3) is 0.455. The molecule has 0 spiro atoms. The Bertz CT molecular complexity index is 344. The number of aromatic hydroxyl groups is 1. The largest absolute Gasteiger partial charge is 0.508 e. The molecule has 1 atom stereocenters.